The fourth-order valence-electron chi connectivity index (χ4n) is 2.34. The first-order valence-electron chi connectivity index (χ1n) is 6.16. The number of aromatic nitrogens is 1. The van der Waals surface area contributed by atoms with Gasteiger partial charge in [0.1, 0.15) is 0 Å². The van der Waals surface area contributed by atoms with Crippen molar-refractivity contribution in [3.8, 4) is 0 Å². The van der Waals surface area contributed by atoms with Crippen molar-refractivity contribution in [2.75, 3.05) is 0 Å². The standard InChI is InChI=1S/C13H19N3O/c1-9-3-2-4-12(9)16-13(17)10-5-6-15-11(7-10)8-14/h5-7,9,12H,2-4,8,14H2,1H3,(H,16,17). The van der Waals surface area contributed by atoms with E-state index in [-0.39, 0.29) is 5.91 Å². The molecule has 1 heterocycles. The summed E-state index contributed by atoms with van der Waals surface area (Å²) in [7, 11) is 0. The molecule has 92 valence electrons. The molecular weight excluding hydrogens is 214 g/mol. The zero-order valence-corrected chi connectivity index (χ0v) is 10.1. The summed E-state index contributed by atoms with van der Waals surface area (Å²) in [4.78, 5) is 16.1. The minimum absolute atomic E-state index is 0.0131. The van der Waals surface area contributed by atoms with Crippen LogP contribution in [0.5, 0.6) is 0 Å². The van der Waals surface area contributed by atoms with Gasteiger partial charge in [-0.25, -0.2) is 0 Å². The molecule has 1 amide bonds. The molecule has 4 nitrogen and oxygen atoms in total. The first-order chi connectivity index (χ1) is 8.20. The van der Waals surface area contributed by atoms with E-state index in [1.165, 1.54) is 12.8 Å². The Balaban J connectivity index is 2.03. The number of carbonyl (C=O) groups is 1. The van der Waals surface area contributed by atoms with Crippen molar-refractivity contribution in [1.82, 2.24) is 10.3 Å². The largest absolute Gasteiger partial charge is 0.349 e. The van der Waals surface area contributed by atoms with Crippen LogP contribution in [0.2, 0.25) is 0 Å². The molecule has 1 fully saturated rings. The highest BCUT2D eigenvalue weighted by atomic mass is 16.1. The highest BCUT2D eigenvalue weighted by Crippen LogP contribution is 2.25. The number of rotatable bonds is 3. The number of hydrogen-bond acceptors (Lipinski definition) is 3. The van der Waals surface area contributed by atoms with Crippen LogP contribution in [0.4, 0.5) is 0 Å². The molecule has 2 unspecified atom stereocenters. The molecular formula is C13H19N3O. The van der Waals surface area contributed by atoms with Gasteiger partial charge in [-0.1, -0.05) is 13.3 Å². The molecule has 17 heavy (non-hydrogen) atoms. The first-order valence-corrected chi connectivity index (χ1v) is 6.16. The van der Waals surface area contributed by atoms with Gasteiger partial charge >= 0.3 is 0 Å². The number of hydrogen-bond donors (Lipinski definition) is 2. The highest BCUT2D eigenvalue weighted by molar-refractivity contribution is 5.94. The molecule has 0 aromatic carbocycles. The van der Waals surface area contributed by atoms with E-state index in [2.05, 4.69) is 17.2 Å². The Morgan fingerprint density at radius 2 is 2.41 bits per heavy atom. The maximum Gasteiger partial charge on any atom is 0.251 e. The van der Waals surface area contributed by atoms with Gasteiger partial charge in [0.05, 0.1) is 5.69 Å². The van der Waals surface area contributed by atoms with Gasteiger partial charge in [-0.05, 0) is 30.9 Å². The van der Waals surface area contributed by atoms with E-state index in [1.807, 2.05) is 0 Å². The monoisotopic (exact) mass is 233 g/mol. The molecule has 4 heteroatoms. The average Bonchev–Trinajstić information content (AvgIpc) is 2.75. The molecule has 0 saturated heterocycles. The summed E-state index contributed by atoms with van der Waals surface area (Å²) >= 11 is 0. The highest BCUT2D eigenvalue weighted by Gasteiger charge is 2.25. The van der Waals surface area contributed by atoms with E-state index in [0.29, 0.717) is 24.1 Å². The van der Waals surface area contributed by atoms with Crippen LogP contribution in [0.1, 0.15) is 42.2 Å². The normalized spacial score (nSPS) is 23.6. The third-order valence-electron chi connectivity index (χ3n) is 3.47. The fourth-order valence-corrected chi connectivity index (χ4v) is 2.34. The van der Waals surface area contributed by atoms with Crippen molar-refractivity contribution < 1.29 is 4.79 Å². The Morgan fingerprint density at radius 3 is 3.06 bits per heavy atom. The van der Waals surface area contributed by atoms with Crippen molar-refractivity contribution in [1.29, 1.82) is 0 Å². The number of amides is 1. The van der Waals surface area contributed by atoms with Gasteiger partial charge in [-0.2, -0.15) is 0 Å². The van der Waals surface area contributed by atoms with E-state index >= 15 is 0 Å². The lowest BCUT2D eigenvalue weighted by molar-refractivity contribution is 0.0929. The topological polar surface area (TPSA) is 68.0 Å². The van der Waals surface area contributed by atoms with Gasteiger partial charge in [-0.15, -0.1) is 0 Å². The zero-order valence-electron chi connectivity index (χ0n) is 10.1. The van der Waals surface area contributed by atoms with Gasteiger partial charge < -0.3 is 11.1 Å². The van der Waals surface area contributed by atoms with E-state index in [1.54, 1.807) is 18.3 Å². The van der Waals surface area contributed by atoms with E-state index in [4.69, 9.17) is 5.73 Å². The second-order valence-electron chi connectivity index (χ2n) is 4.73. The average molecular weight is 233 g/mol. The van der Waals surface area contributed by atoms with Crippen LogP contribution in [-0.4, -0.2) is 16.9 Å². The van der Waals surface area contributed by atoms with Gasteiger partial charge in [0.2, 0.25) is 0 Å². The SMILES string of the molecule is CC1CCCC1NC(=O)c1ccnc(CN)c1. The van der Waals surface area contributed by atoms with Gasteiger partial charge in [0.15, 0.2) is 0 Å². The van der Waals surface area contributed by atoms with Gasteiger partial charge in [0.25, 0.3) is 5.91 Å². The quantitative estimate of drug-likeness (QED) is 0.830. The zero-order chi connectivity index (χ0) is 12.3. The lowest BCUT2D eigenvalue weighted by atomic mass is 10.1. The first kappa shape index (κ1) is 12.0. The summed E-state index contributed by atoms with van der Waals surface area (Å²) in [6.45, 7) is 2.55. The number of pyridine rings is 1. The fraction of sp³-hybridized carbons (Fsp3) is 0.538. The maximum atomic E-state index is 12.0. The summed E-state index contributed by atoms with van der Waals surface area (Å²) in [5.41, 5.74) is 6.91. The van der Waals surface area contributed by atoms with Crippen LogP contribution in [0.15, 0.2) is 18.3 Å². The van der Waals surface area contributed by atoms with Gasteiger partial charge in [-0.3, -0.25) is 9.78 Å². The van der Waals surface area contributed by atoms with Crippen molar-refractivity contribution in [2.45, 2.75) is 38.8 Å². The summed E-state index contributed by atoms with van der Waals surface area (Å²) in [6.07, 6.45) is 5.13. The Hall–Kier alpha value is -1.42. The van der Waals surface area contributed by atoms with Gasteiger partial charge in [0, 0.05) is 24.3 Å². The number of nitrogens with one attached hydrogen (secondary N) is 1. The third-order valence-corrected chi connectivity index (χ3v) is 3.47. The van der Waals surface area contributed by atoms with E-state index < -0.39 is 0 Å². The third kappa shape index (κ3) is 2.82. The molecule has 2 rings (SSSR count). The molecule has 0 bridgehead atoms. The van der Waals surface area contributed by atoms with Crippen molar-refractivity contribution in [2.24, 2.45) is 11.7 Å². The second-order valence-corrected chi connectivity index (χ2v) is 4.73. The van der Waals surface area contributed by atoms with Crippen LogP contribution in [-0.2, 0) is 6.54 Å². The Morgan fingerprint density at radius 1 is 1.59 bits per heavy atom. The predicted octanol–water partition coefficient (Wildman–Crippen LogP) is 1.46. The minimum Gasteiger partial charge on any atom is -0.349 e. The molecule has 1 aromatic rings. The van der Waals surface area contributed by atoms with Crippen molar-refractivity contribution in [3.63, 3.8) is 0 Å². The molecule has 1 aliphatic rings. The summed E-state index contributed by atoms with van der Waals surface area (Å²) in [5, 5.41) is 3.09. The number of nitrogens with zero attached hydrogens (tertiary/aromatic N) is 1. The second kappa shape index (κ2) is 5.27. The number of nitrogens with two attached hydrogens (primary N) is 1. The lowest BCUT2D eigenvalue weighted by Gasteiger charge is -2.17. The molecule has 0 aliphatic heterocycles. The van der Waals surface area contributed by atoms with Crippen molar-refractivity contribution >= 4 is 5.91 Å². The Bertz CT molecular complexity index is 405. The minimum atomic E-state index is -0.0131. The van der Waals surface area contributed by atoms with E-state index in [9.17, 15) is 4.79 Å². The molecule has 3 N–H and O–H groups in total. The molecule has 0 spiro atoms. The van der Waals surface area contributed by atoms with Crippen LogP contribution in [0.3, 0.4) is 0 Å². The van der Waals surface area contributed by atoms with Crippen LogP contribution < -0.4 is 11.1 Å². The Kier molecular flexibility index (Phi) is 3.74. The summed E-state index contributed by atoms with van der Waals surface area (Å²) < 4.78 is 0. The summed E-state index contributed by atoms with van der Waals surface area (Å²) in [6, 6.07) is 3.81. The maximum absolute atomic E-state index is 12.0. The Labute approximate surface area is 102 Å². The van der Waals surface area contributed by atoms with E-state index in [0.717, 1.165) is 12.1 Å². The predicted molar refractivity (Wildman–Crippen MR) is 66.4 cm³/mol. The lowest BCUT2D eigenvalue weighted by Crippen LogP contribution is -2.36. The molecule has 1 aromatic heterocycles. The molecule has 0 radical (unpaired) electrons. The smallest absolute Gasteiger partial charge is 0.251 e. The molecule has 1 saturated carbocycles. The van der Waals surface area contributed by atoms with Crippen LogP contribution in [0, 0.1) is 5.92 Å². The summed E-state index contributed by atoms with van der Waals surface area (Å²) in [5.74, 6) is 0.565. The molecule has 1 aliphatic carbocycles. The van der Waals surface area contributed by atoms with Crippen molar-refractivity contribution in [3.05, 3.63) is 29.6 Å². The number of carbonyl (C=O) groups excluding carboxylic acids is 1. The van der Waals surface area contributed by atoms with Crippen LogP contribution >= 0.6 is 0 Å². The molecule has 2 atom stereocenters. The van der Waals surface area contributed by atoms with Crippen LogP contribution in [0.25, 0.3) is 0 Å².